The zero-order valence-electron chi connectivity index (χ0n) is 5.17. The zero-order chi connectivity index (χ0) is 6.69. The lowest BCUT2D eigenvalue weighted by molar-refractivity contribution is 1.43. The normalized spacial score (nSPS) is 9.56. The Morgan fingerprint density at radius 2 is 1.67 bits per heavy atom. The maximum Gasteiger partial charge on any atom is -0.0128 e. The van der Waals surface area contributed by atoms with E-state index in [0.29, 0.717) is 0 Å². The lowest BCUT2D eigenvalue weighted by Crippen LogP contribution is -1.87. The van der Waals surface area contributed by atoms with Crippen molar-refractivity contribution in [1.29, 1.82) is 0 Å². The molecule has 0 nitrogen and oxygen atoms in total. The van der Waals surface area contributed by atoms with Gasteiger partial charge in [-0.05, 0) is 17.0 Å². The second-order valence-electron chi connectivity index (χ2n) is 1.95. The predicted molar refractivity (Wildman–Crippen MR) is 49.2 cm³/mol. The van der Waals surface area contributed by atoms with Gasteiger partial charge in [0.05, 0.1) is 0 Å². The van der Waals surface area contributed by atoms with Crippen LogP contribution in [-0.2, 0) is 6.16 Å². The topological polar surface area (TPSA) is 0 Å². The smallest absolute Gasteiger partial charge is 0.0128 e. The molecule has 0 aromatic heterocycles. The highest BCUT2D eigenvalue weighted by Gasteiger charge is 1.85. The third kappa shape index (κ3) is 2.05. The van der Waals surface area contributed by atoms with Gasteiger partial charge in [-0.15, -0.1) is 18.5 Å². The monoisotopic (exact) mass is 156 g/mol. The molecule has 0 spiro atoms. The zero-order valence-corrected chi connectivity index (χ0v) is 7.48. The highest BCUT2D eigenvalue weighted by molar-refractivity contribution is 7.27. The van der Waals surface area contributed by atoms with Crippen LogP contribution in [0.2, 0.25) is 0 Å². The summed E-state index contributed by atoms with van der Waals surface area (Å²) in [5, 5.41) is 1.25. The molecule has 0 aliphatic rings. The molecule has 0 saturated heterocycles. The van der Waals surface area contributed by atoms with E-state index in [4.69, 9.17) is 0 Å². The minimum Gasteiger partial charge on any atom is -0.133 e. The summed E-state index contributed by atoms with van der Waals surface area (Å²) >= 11 is 0. The summed E-state index contributed by atoms with van der Waals surface area (Å²) in [4.78, 5) is 0. The first-order chi connectivity index (χ1) is 4.33. The van der Waals surface area contributed by atoms with E-state index < -0.39 is 0 Å². The average Bonchev–Trinajstić information content (AvgIpc) is 1.90. The van der Waals surface area contributed by atoms with E-state index in [-0.39, 0.29) is 0 Å². The number of hydrogen-bond acceptors (Lipinski definition) is 0. The molecule has 0 aliphatic carbocycles. The molecule has 0 bridgehead atoms. The standard InChI is InChI=1S/C7H10P2/c8-5-6-1-3-7(9)4-2-6/h1-4H,5,8-9H2. The molecule has 0 aliphatic heterocycles. The summed E-state index contributed by atoms with van der Waals surface area (Å²) in [6, 6.07) is 8.47. The fourth-order valence-electron chi connectivity index (χ4n) is 0.654. The van der Waals surface area contributed by atoms with Crippen molar-refractivity contribution < 1.29 is 0 Å². The largest absolute Gasteiger partial charge is 0.133 e. The van der Waals surface area contributed by atoms with E-state index >= 15 is 0 Å². The first-order valence-electron chi connectivity index (χ1n) is 2.87. The van der Waals surface area contributed by atoms with Gasteiger partial charge in [-0.25, -0.2) is 0 Å². The molecule has 48 valence electrons. The van der Waals surface area contributed by atoms with Crippen molar-refractivity contribution in [3.63, 3.8) is 0 Å². The van der Waals surface area contributed by atoms with Crippen LogP contribution in [0.5, 0.6) is 0 Å². The van der Waals surface area contributed by atoms with Gasteiger partial charge in [0, 0.05) is 0 Å². The molecule has 0 heterocycles. The Labute approximate surface area is 60.5 Å². The molecule has 0 radical (unpaired) electrons. The summed E-state index contributed by atoms with van der Waals surface area (Å²) in [5.41, 5.74) is 1.37. The molecule has 9 heavy (non-hydrogen) atoms. The van der Waals surface area contributed by atoms with E-state index in [1.807, 2.05) is 0 Å². The first kappa shape index (κ1) is 7.19. The fourth-order valence-corrected chi connectivity index (χ4v) is 1.12. The van der Waals surface area contributed by atoms with E-state index in [9.17, 15) is 0 Å². The van der Waals surface area contributed by atoms with Crippen molar-refractivity contribution in [2.24, 2.45) is 0 Å². The highest BCUT2D eigenvalue weighted by atomic mass is 31.0. The van der Waals surface area contributed by atoms with Gasteiger partial charge in [-0.2, -0.15) is 0 Å². The molecule has 1 aromatic carbocycles. The Bertz CT molecular complexity index is 179. The van der Waals surface area contributed by atoms with Crippen LogP contribution in [-0.4, -0.2) is 0 Å². The van der Waals surface area contributed by atoms with Crippen molar-refractivity contribution in [3.8, 4) is 0 Å². The van der Waals surface area contributed by atoms with Crippen LogP contribution in [0.15, 0.2) is 24.3 Å². The molecule has 0 saturated carbocycles. The number of rotatable bonds is 1. The Morgan fingerprint density at radius 1 is 1.11 bits per heavy atom. The lowest BCUT2D eigenvalue weighted by Gasteiger charge is -1.94. The SMILES string of the molecule is PCc1ccc(P)cc1. The molecule has 2 heteroatoms. The minimum atomic E-state index is 1.05. The van der Waals surface area contributed by atoms with Gasteiger partial charge in [0.1, 0.15) is 0 Å². The second kappa shape index (κ2) is 3.30. The van der Waals surface area contributed by atoms with Crippen molar-refractivity contribution in [2.45, 2.75) is 6.16 Å². The minimum absolute atomic E-state index is 1.05. The van der Waals surface area contributed by atoms with Gasteiger partial charge in [0.25, 0.3) is 0 Å². The van der Waals surface area contributed by atoms with Gasteiger partial charge in [0.2, 0.25) is 0 Å². The number of hydrogen-bond donors (Lipinski definition) is 0. The summed E-state index contributed by atoms with van der Waals surface area (Å²) < 4.78 is 0. The average molecular weight is 156 g/mol. The Kier molecular flexibility index (Phi) is 2.64. The Balaban J connectivity index is 2.88. The molecule has 0 N–H and O–H groups in total. The van der Waals surface area contributed by atoms with Crippen LogP contribution >= 0.6 is 18.5 Å². The van der Waals surface area contributed by atoms with Gasteiger partial charge in [-0.1, -0.05) is 24.3 Å². The summed E-state index contributed by atoms with van der Waals surface area (Å²) in [6.07, 6.45) is 1.05. The number of benzene rings is 1. The van der Waals surface area contributed by atoms with Crippen LogP contribution in [0.25, 0.3) is 0 Å². The molecule has 1 rings (SSSR count). The summed E-state index contributed by atoms with van der Waals surface area (Å²) in [6.45, 7) is 0. The van der Waals surface area contributed by atoms with Crippen LogP contribution in [0.4, 0.5) is 0 Å². The molecule has 2 atom stereocenters. The van der Waals surface area contributed by atoms with Gasteiger partial charge in [0.15, 0.2) is 0 Å². The predicted octanol–water partition coefficient (Wildman–Crippen LogP) is 1.56. The fraction of sp³-hybridized carbons (Fsp3) is 0.143. The van der Waals surface area contributed by atoms with Crippen molar-refractivity contribution in [2.75, 3.05) is 0 Å². The van der Waals surface area contributed by atoms with Crippen molar-refractivity contribution >= 4 is 23.8 Å². The van der Waals surface area contributed by atoms with E-state index in [1.54, 1.807) is 0 Å². The van der Waals surface area contributed by atoms with Crippen molar-refractivity contribution in [1.82, 2.24) is 0 Å². The highest BCUT2D eigenvalue weighted by Crippen LogP contribution is 2.03. The van der Waals surface area contributed by atoms with E-state index in [0.717, 1.165) is 6.16 Å². The van der Waals surface area contributed by atoms with E-state index in [1.165, 1.54) is 10.9 Å². The van der Waals surface area contributed by atoms with Crippen LogP contribution in [0.3, 0.4) is 0 Å². The first-order valence-corrected chi connectivity index (χ1v) is 4.27. The summed E-state index contributed by atoms with van der Waals surface area (Å²) in [5.74, 6) is 0. The molecule has 0 amide bonds. The summed E-state index contributed by atoms with van der Waals surface area (Å²) in [7, 11) is 5.37. The quantitative estimate of drug-likeness (QED) is 0.541. The Morgan fingerprint density at radius 3 is 2.11 bits per heavy atom. The van der Waals surface area contributed by atoms with Gasteiger partial charge in [-0.3, -0.25) is 0 Å². The maximum absolute atomic E-state index is 2.70. The van der Waals surface area contributed by atoms with Crippen LogP contribution < -0.4 is 5.30 Å². The molecular weight excluding hydrogens is 146 g/mol. The third-order valence-corrected chi connectivity index (χ3v) is 2.07. The van der Waals surface area contributed by atoms with Crippen molar-refractivity contribution in [3.05, 3.63) is 29.8 Å². The van der Waals surface area contributed by atoms with Gasteiger partial charge < -0.3 is 0 Å². The molecule has 0 fully saturated rings. The Hall–Kier alpha value is 0.0800. The van der Waals surface area contributed by atoms with Gasteiger partial charge >= 0.3 is 0 Å². The molecule has 2 unspecified atom stereocenters. The second-order valence-corrected chi connectivity index (χ2v) is 3.02. The van der Waals surface area contributed by atoms with Crippen LogP contribution in [0.1, 0.15) is 5.56 Å². The molecular formula is C7H10P2. The lowest BCUT2D eigenvalue weighted by atomic mass is 10.2. The van der Waals surface area contributed by atoms with Crippen LogP contribution in [0, 0.1) is 0 Å². The molecule has 1 aromatic rings. The maximum atomic E-state index is 2.70. The van der Waals surface area contributed by atoms with E-state index in [2.05, 4.69) is 42.7 Å². The third-order valence-electron chi connectivity index (χ3n) is 1.22.